The Morgan fingerprint density at radius 3 is 1.42 bits per heavy atom. The van der Waals surface area contributed by atoms with Gasteiger partial charge >= 0.3 is 17.9 Å². The number of pyridine rings is 3. The van der Waals surface area contributed by atoms with Crippen LogP contribution in [0.1, 0.15) is 260 Å². The maximum absolute atomic E-state index is 14.3. The number of halogens is 1. The maximum Gasteiger partial charge on any atom is 0.325 e. The number of likely N-dealkylation sites (tertiary alicyclic amines) is 3. The number of fused-ring (bicyclic) bond motifs is 3. The number of ether oxygens (including phenoxy) is 6. The minimum Gasteiger partial charge on any atom is -0.480 e. The van der Waals surface area contributed by atoms with E-state index in [1.165, 1.54) is 41.7 Å². The number of nitrogens with one attached hydrogen (secondary N) is 3. The molecular weight excluding hydrogens is 1430 g/mol. The molecule has 0 bridgehead atoms. The van der Waals surface area contributed by atoms with Crippen LogP contribution in [0.2, 0.25) is 0 Å². The summed E-state index contributed by atoms with van der Waals surface area (Å²) in [5, 5.41) is 41.0. The number of anilines is 3. The monoisotopic (exact) mass is 1550 g/mol. The van der Waals surface area contributed by atoms with Crippen LogP contribution in [0.15, 0.2) is 103 Å². The van der Waals surface area contributed by atoms with Crippen molar-refractivity contribution in [2.24, 2.45) is 5.92 Å². The van der Waals surface area contributed by atoms with Gasteiger partial charge in [-0.1, -0.05) is 72.8 Å². The minimum absolute atomic E-state index is 0.0631. The highest BCUT2D eigenvalue weighted by molar-refractivity contribution is 5.78. The van der Waals surface area contributed by atoms with Crippen molar-refractivity contribution >= 4 is 35.4 Å². The number of aromatic nitrogens is 3. The summed E-state index contributed by atoms with van der Waals surface area (Å²) in [7, 11) is 0. The van der Waals surface area contributed by atoms with E-state index >= 15 is 0 Å². The van der Waals surface area contributed by atoms with Crippen molar-refractivity contribution in [2.45, 2.75) is 254 Å². The standard InChI is InChI=1S/2C31H43N3O4.C29H38FN3O4/c2*1-31(2)17-7-13-27(38-31)25-11-3-4-12-26(25)28(30(35)36)34-19-16-24(21-34)37-20-6-5-10-23-15-14-22-9-8-18-32-29(22)33-23;30-22-7-9-24(26-5-1-2-15-37-26)25(18-22)27(29(34)35)33-14-10-20(19-33)11-16-36-17-12-23-8-6-21-4-3-13-31-28(21)32-23/h2*3-4,11-12,14-15,24,27-28H,5-10,13,16-21H2,1-2H3,(H,32,33)(H,35,36);6-9,18,20,26-27H,1-5,10-17,19H2,(H,31,32)(H,34,35)/t24-,27?,28+;24-,27?,28-;20-,26-,27-/m110/s1. The Bertz CT molecular complexity index is 3930. The van der Waals surface area contributed by atoms with Gasteiger partial charge in [-0.2, -0.15) is 0 Å². The highest BCUT2D eigenvalue weighted by Crippen LogP contribution is 2.44. The van der Waals surface area contributed by atoms with Gasteiger partial charge in [0, 0.05) is 102 Å². The zero-order valence-electron chi connectivity index (χ0n) is 67.4. The fourth-order valence-corrected chi connectivity index (χ4v) is 18.4. The largest absolute Gasteiger partial charge is 0.480 e. The molecule has 15 rings (SSSR count). The first-order valence-electron chi connectivity index (χ1n) is 42.7. The van der Waals surface area contributed by atoms with Gasteiger partial charge in [-0.05, 0) is 281 Å². The molecule has 12 heterocycles. The predicted octanol–water partition coefficient (Wildman–Crippen LogP) is 16.3. The van der Waals surface area contributed by atoms with Gasteiger partial charge < -0.3 is 59.7 Å². The number of benzene rings is 3. The van der Waals surface area contributed by atoms with E-state index in [4.69, 9.17) is 43.4 Å². The number of rotatable bonds is 30. The van der Waals surface area contributed by atoms with Gasteiger partial charge in [0.2, 0.25) is 0 Å². The second kappa shape index (κ2) is 40.4. The summed E-state index contributed by atoms with van der Waals surface area (Å²) in [6.45, 7) is 18.9. The molecule has 0 aliphatic carbocycles. The van der Waals surface area contributed by atoms with Crippen molar-refractivity contribution in [3.63, 3.8) is 0 Å². The SMILES string of the molecule is CC1(C)CCCC(c2ccccc2[C@@H](C(=O)O)N2CC[C@@H](OCCCCc3ccc4c(n3)NCCC4)C2)O1.CC1(C)CCCC(c2ccccc2[C@H](C(=O)O)N2CC[C@@H](OCCCCc3ccc4c(n3)NCCC4)C2)O1.O=C(O)[C@H](c1cc(F)ccc1[C@@H]1CCCCO1)N1CC[C@@H](CCOCCc2ccc3c(n2)NCCC3)C1. The number of carbonyl (C=O) groups is 3. The molecule has 6 saturated heterocycles. The lowest BCUT2D eigenvalue weighted by molar-refractivity contribution is -0.144. The van der Waals surface area contributed by atoms with Crippen LogP contribution >= 0.6 is 0 Å². The number of carboxylic acid groups (broad SMARTS) is 3. The lowest BCUT2D eigenvalue weighted by Gasteiger charge is -2.38. The minimum atomic E-state index is -0.938. The molecule has 6 fully saturated rings. The molecule has 6 aromatic rings. The normalized spacial score (nSPS) is 23.6. The third kappa shape index (κ3) is 23.0. The summed E-state index contributed by atoms with van der Waals surface area (Å²) >= 11 is 0. The van der Waals surface area contributed by atoms with Crippen LogP contribution in [0.4, 0.5) is 21.8 Å². The van der Waals surface area contributed by atoms with E-state index in [0.29, 0.717) is 70.7 Å². The molecule has 0 radical (unpaired) electrons. The highest BCUT2D eigenvalue weighted by Gasteiger charge is 2.42. The van der Waals surface area contributed by atoms with Crippen LogP contribution in [0.5, 0.6) is 0 Å². The first-order chi connectivity index (χ1) is 54.9. The van der Waals surface area contributed by atoms with Crippen LogP contribution in [-0.4, -0.2) is 178 Å². The lowest BCUT2D eigenvalue weighted by atomic mass is 9.88. The summed E-state index contributed by atoms with van der Waals surface area (Å²) in [6, 6.07) is 31.2. The molecule has 0 saturated carbocycles. The molecule has 9 aliphatic heterocycles. The molecule has 21 nitrogen and oxygen atoms in total. The summed E-state index contributed by atoms with van der Waals surface area (Å²) < 4.78 is 51.4. The second-order valence-electron chi connectivity index (χ2n) is 33.9. The third-order valence-electron chi connectivity index (χ3n) is 24.4. The van der Waals surface area contributed by atoms with Crippen molar-refractivity contribution in [3.8, 4) is 0 Å². The van der Waals surface area contributed by atoms with Crippen LogP contribution in [0.25, 0.3) is 0 Å². The number of hydrogen-bond acceptors (Lipinski definition) is 18. The molecule has 113 heavy (non-hydrogen) atoms. The smallest absolute Gasteiger partial charge is 0.325 e. The van der Waals surface area contributed by atoms with Gasteiger partial charge in [-0.25, -0.2) is 19.3 Å². The summed E-state index contributed by atoms with van der Waals surface area (Å²) in [6.07, 6.45) is 25.8. The quantitative estimate of drug-likeness (QED) is 0.0229. The molecule has 0 amide bonds. The second-order valence-corrected chi connectivity index (χ2v) is 33.9. The number of carboxylic acids is 3. The molecule has 3 aromatic heterocycles. The zero-order chi connectivity index (χ0) is 78.7. The number of hydrogen-bond donors (Lipinski definition) is 6. The van der Waals surface area contributed by atoms with E-state index in [1.54, 1.807) is 6.07 Å². The summed E-state index contributed by atoms with van der Waals surface area (Å²) in [4.78, 5) is 57.9. The Hall–Kier alpha value is -7.51. The first-order valence-corrected chi connectivity index (χ1v) is 42.7. The molecule has 0 spiro atoms. The van der Waals surface area contributed by atoms with Gasteiger partial charge in [-0.3, -0.25) is 29.1 Å². The fourth-order valence-electron chi connectivity index (χ4n) is 18.4. The molecule has 612 valence electrons. The lowest BCUT2D eigenvalue weighted by Crippen LogP contribution is -2.36. The molecular formula is C91H124FN9O12. The summed E-state index contributed by atoms with van der Waals surface area (Å²) in [5.74, 6) is 0.532. The van der Waals surface area contributed by atoms with Crippen molar-refractivity contribution in [3.05, 3.63) is 176 Å². The zero-order valence-corrected chi connectivity index (χ0v) is 67.4. The number of nitrogens with zero attached hydrogens (tertiary/aromatic N) is 6. The fraction of sp³-hybridized carbons (Fsp3) is 0.604. The van der Waals surface area contributed by atoms with E-state index in [2.05, 4.69) is 102 Å². The highest BCUT2D eigenvalue weighted by atomic mass is 19.1. The van der Waals surface area contributed by atoms with Crippen molar-refractivity contribution in [1.29, 1.82) is 0 Å². The van der Waals surface area contributed by atoms with Crippen molar-refractivity contribution in [1.82, 2.24) is 29.7 Å². The van der Waals surface area contributed by atoms with Gasteiger partial charge in [-0.15, -0.1) is 0 Å². The first kappa shape index (κ1) is 83.4. The number of aryl methyl sites for hydroxylation is 5. The Morgan fingerprint density at radius 1 is 0.487 bits per heavy atom. The van der Waals surface area contributed by atoms with Gasteiger partial charge in [0.1, 0.15) is 41.4 Å². The van der Waals surface area contributed by atoms with Crippen LogP contribution < -0.4 is 16.0 Å². The van der Waals surface area contributed by atoms with Gasteiger partial charge in [0.15, 0.2) is 0 Å². The Morgan fingerprint density at radius 2 is 0.938 bits per heavy atom. The van der Waals surface area contributed by atoms with Crippen LogP contribution in [0.3, 0.4) is 0 Å². The Balaban J connectivity index is 0.000000148. The molecule has 6 N–H and O–H groups in total. The van der Waals surface area contributed by atoms with E-state index < -0.39 is 41.9 Å². The topological polar surface area (TPSA) is 252 Å². The Labute approximate surface area is 668 Å². The number of unbranched alkanes of at least 4 members (excludes halogenated alkanes) is 2. The third-order valence-corrected chi connectivity index (χ3v) is 24.4. The average Bonchev–Trinajstić information content (AvgIpc) is 1.78. The van der Waals surface area contributed by atoms with E-state index in [9.17, 15) is 34.1 Å². The molecule has 3 aromatic carbocycles. The molecule has 22 heteroatoms. The predicted molar refractivity (Wildman–Crippen MR) is 436 cm³/mol. The van der Waals surface area contributed by atoms with E-state index in [-0.39, 0.29) is 41.7 Å². The van der Waals surface area contributed by atoms with Crippen LogP contribution in [0, 0.1) is 11.7 Å². The molecule has 2 unspecified atom stereocenters. The van der Waals surface area contributed by atoms with Crippen molar-refractivity contribution in [2.75, 3.05) is 108 Å². The number of aliphatic carboxylic acids is 3. The maximum atomic E-state index is 14.3. The molecule has 9 aliphatic rings. The van der Waals surface area contributed by atoms with E-state index in [1.807, 2.05) is 41.3 Å². The van der Waals surface area contributed by atoms with Crippen molar-refractivity contribution < 1.29 is 62.5 Å². The Kier molecular flexibility index (Phi) is 29.8. The summed E-state index contributed by atoms with van der Waals surface area (Å²) in [5.41, 5.74) is 12.0. The average molecular weight is 1560 g/mol. The van der Waals surface area contributed by atoms with Crippen LogP contribution in [-0.2, 0) is 81.3 Å². The molecule has 9 atom stereocenters. The van der Waals surface area contributed by atoms with Gasteiger partial charge in [0.05, 0.1) is 48.3 Å². The van der Waals surface area contributed by atoms with Gasteiger partial charge in [0.25, 0.3) is 0 Å². The van der Waals surface area contributed by atoms with E-state index in [0.717, 1.165) is 249 Å².